The van der Waals surface area contributed by atoms with Crippen molar-refractivity contribution in [2.75, 3.05) is 13.2 Å². The molecule has 1 N–H and O–H groups in total. The molecule has 1 amide bonds. The summed E-state index contributed by atoms with van der Waals surface area (Å²) in [4.78, 5) is 15.9. The molecule has 0 spiro atoms. The minimum atomic E-state index is -0.339. The van der Waals surface area contributed by atoms with Crippen molar-refractivity contribution in [1.82, 2.24) is 15.5 Å². The van der Waals surface area contributed by atoms with E-state index in [-0.39, 0.29) is 30.3 Å². The lowest BCUT2D eigenvalue weighted by Gasteiger charge is -2.28. The molecule has 0 bridgehead atoms. The van der Waals surface area contributed by atoms with Crippen molar-refractivity contribution >= 4 is 5.91 Å². The van der Waals surface area contributed by atoms with Crippen LogP contribution < -0.4 is 10.1 Å². The van der Waals surface area contributed by atoms with Crippen molar-refractivity contribution in [3.8, 4) is 5.75 Å². The van der Waals surface area contributed by atoms with Crippen LogP contribution in [0.5, 0.6) is 5.75 Å². The summed E-state index contributed by atoms with van der Waals surface area (Å²) < 4.78 is 29.1. The van der Waals surface area contributed by atoms with Gasteiger partial charge in [0.25, 0.3) is 0 Å². The average molecular weight is 349 g/mol. The predicted molar refractivity (Wildman–Crippen MR) is 85.1 cm³/mol. The highest BCUT2D eigenvalue weighted by molar-refractivity contribution is 5.73. The maximum atomic E-state index is 12.9. The van der Waals surface area contributed by atoms with Crippen LogP contribution in [0.15, 0.2) is 28.8 Å². The Kier molecular flexibility index (Phi) is 5.60. The Hall–Kier alpha value is -2.48. The maximum absolute atomic E-state index is 12.9. The number of benzene rings is 1. The summed E-state index contributed by atoms with van der Waals surface area (Å²) in [6.45, 7) is 2.85. The highest BCUT2D eigenvalue weighted by Gasteiger charge is 2.30. The zero-order chi connectivity index (χ0) is 17.6. The van der Waals surface area contributed by atoms with Gasteiger partial charge in [-0.15, -0.1) is 0 Å². The fourth-order valence-corrected chi connectivity index (χ4v) is 2.78. The van der Waals surface area contributed by atoms with E-state index in [0.29, 0.717) is 30.7 Å². The summed E-state index contributed by atoms with van der Waals surface area (Å²) in [5, 5.41) is 6.79. The topological polar surface area (TPSA) is 86.5 Å². The lowest BCUT2D eigenvalue weighted by atomic mass is 9.91. The first-order chi connectivity index (χ1) is 12.1. The molecule has 7 nitrogen and oxygen atoms in total. The Morgan fingerprint density at radius 1 is 1.36 bits per heavy atom. The molecule has 1 aromatic carbocycles. The molecule has 1 unspecified atom stereocenters. The van der Waals surface area contributed by atoms with Crippen molar-refractivity contribution in [3.05, 3.63) is 41.8 Å². The van der Waals surface area contributed by atoms with Crippen LogP contribution in [0.3, 0.4) is 0 Å². The third-order valence-electron chi connectivity index (χ3n) is 4.03. The van der Waals surface area contributed by atoms with Crippen LogP contribution in [0.4, 0.5) is 4.39 Å². The normalized spacial score (nSPS) is 16.4. The van der Waals surface area contributed by atoms with E-state index < -0.39 is 0 Å². The Morgan fingerprint density at radius 2 is 2.08 bits per heavy atom. The van der Waals surface area contributed by atoms with Gasteiger partial charge in [-0.25, -0.2) is 4.39 Å². The second-order valence-electron chi connectivity index (χ2n) is 5.92. The first-order valence-corrected chi connectivity index (χ1v) is 8.17. The number of amides is 1. The molecule has 0 aliphatic carbocycles. The number of carbonyl (C=O) groups excluding carboxylic acids is 1. The number of ether oxygens (including phenoxy) is 2. The summed E-state index contributed by atoms with van der Waals surface area (Å²) in [5.41, 5.74) is 0. The van der Waals surface area contributed by atoms with Gasteiger partial charge in [0.1, 0.15) is 17.6 Å². The summed E-state index contributed by atoms with van der Waals surface area (Å²) in [6, 6.07) is 5.34. The highest BCUT2D eigenvalue weighted by Crippen LogP contribution is 2.29. The molecule has 1 aromatic heterocycles. The van der Waals surface area contributed by atoms with Crippen molar-refractivity contribution in [3.63, 3.8) is 0 Å². The van der Waals surface area contributed by atoms with Crippen LogP contribution in [0.1, 0.15) is 37.5 Å². The molecular formula is C17H20FN3O4. The molecule has 2 aromatic rings. The van der Waals surface area contributed by atoms with Gasteiger partial charge in [-0.3, -0.25) is 4.79 Å². The molecule has 0 saturated carbocycles. The third-order valence-corrected chi connectivity index (χ3v) is 4.03. The van der Waals surface area contributed by atoms with Gasteiger partial charge in [-0.05, 0) is 43.0 Å². The maximum Gasteiger partial charge on any atom is 0.249 e. The first kappa shape index (κ1) is 17.3. The van der Waals surface area contributed by atoms with E-state index in [0.717, 1.165) is 12.8 Å². The number of nitrogens with one attached hydrogen (secondary N) is 1. The van der Waals surface area contributed by atoms with Gasteiger partial charge in [-0.1, -0.05) is 5.16 Å². The van der Waals surface area contributed by atoms with Gasteiger partial charge < -0.3 is 19.3 Å². The predicted octanol–water partition coefficient (Wildman–Crippen LogP) is 2.39. The molecular weight excluding hydrogens is 329 g/mol. The van der Waals surface area contributed by atoms with E-state index in [1.165, 1.54) is 31.2 Å². The standard InChI is InChI=1S/C17H20FN3O4/c1-11(22)19-16(12-6-8-23-9-7-12)17-20-15(21-25-17)10-24-14-4-2-13(18)3-5-14/h2-5,12,16H,6-10H2,1H3,(H,19,22). The zero-order valence-electron chi connectivity index (χ0n) is 13.9. The molecule has 1 saturated heterocycles. The van der Waals surface area contributed by atoms with Gasteiger partial charge >= 0.3 is 0 Å². The third kappa shape index (κ3) is 4.76. The second kappa shape index (κ2) is 8.06. The lowest BCUT2D eigenvalue weighted by molar-refractivity contribution is -0.120. The Labute approximate surface area is 144 Å². The van der Waals surface area contributed by atoms with Gasteiger partial charge in [0.05, 0.1) is 0 Å². The van der Waals surface area contributed by atoms with E-state index in [1.807, 2.05) is 0 Å². The number of nitrogens with zero attached hydrogens (tertiary/aromatic N) is 2. The molecule has 134 valence electrons. The van der Waals surface area contributed by atoms with Crippen molar-refractivity contribution in [2.24, 2.45) is 5.92 Å². The fraction of sp³-hybridized carbons (Fsp3) is 0.471. The van der Waals surface area contributed by atoms with E-state index >= 15 is 0 Å². The average Bonchev–Trinajstić information content (AvgIpc) is 3.08. The SMILES string of the molecule is CC(=O)NC(c1nc(COc2ccc(F)cc2)no1)C1CCOCC1. The molecule has 1 atom stereocenters. The second-order valence-corrected chi connectivity index (χ2v) is 5.92. The van der Waals surface area contributed by atoms with Gasteiger partial charge in [-0.2, -0.15) is 4.98 Å². The van der Waals surface area contributed by atoms with Gasteiger partial charge in [0, 0.05) is 20.1 Å². The van der Waals surface area contributed by atoms with E-state index in [1.54, 1.807) is 0 Å². The first-order valence-electron chi connectivity index (χ1n) is 8.17. The van der Waals surface area contributed by atoms with Crippen LogP contribution in [-0.4, -0.2) is 29.3 Å². The quantitative estimate of drug-likeness (QED) is 0.862. The number of hydrogen-bond donors (Lipinski definition) is 1. The number of rotatable bonds is 6. The van der Waals surface area contributed by atoms with Crippen LogP contribution in [0.2, 0.25) is 0 Å². The van der Waals surface area contributed by atoms with Crippen molar-refractivity contribution in [1.29, 1.82) is 0 Å². The Balaban J connectivity index is 1.66. The van der Waals surface area contributed by atoms with Crippen molar-refractivity contribution < 1.29 is 23.2 Å². The Morgan fingerprint density at radius 3 is 2.76 bits per heavy atom. The van der Waals surface area contributed by atoms with Gasteiger partial charge in [0.2, 0.25) is 17.6 Å². The molecule has 2 heterocycles. The minimum Gasteiger partial charge on any atom is -0.485 e. The van der Waals surface area contributed by atoms with E-state index in [9.17, 15) is 9.18 Å². The molecule has 1 fully saturated rings. The van der Waals surface area contributed by atoms with Crippen LogP contribution in [0, 0.1) is 11.7 Å². The fourth-order valence-electron chi connectivity index (χ4n) is 2.78. The number of aromatic nitrogens is 2. The molecule has 1 aliphatic rings. The molecule has 25 heavy (non-hydrogen) atoms. The van der Waals surface area contributed by atoms with E-state index in [4.69, 9.17) is 14.0 Å². The summed E-state index contributed by atoms with van der Waals surface area (Å²) in [7, 11) is 0. The summed E-state index contributed by atoms with van der Waals surface area (Å²) in [5.74, 6) is 0.934. The molecule has 3 rings (SSSR count). The number of carbonyl (C=O) groups is 1. The smallest absolute Gasteiger partial charge is 0.249 e. The highest BCUT2D eigenvalue weighted by atomic mass is 19.1. The van der Waals surface area contributed by atoms with Crippen LogP contribution in [0.25, 0.3) is 0 Å². The van der Waals surface area contributed by atoms with Crippen LogP contribution in [-0.2, 0) is 16.1 Å². The molecule has 0 radical (unpaired) electrons. The number of halogens is 1. The lowest BCUT2D eigenvalue weighted by Crippen LogP contribution is -2.35. The Bertz CT molecular complexity index is 698. The number of hydrogen-bond acceptors (Lipinski definition) is 6. The monoisotopic (exact) mass is 349 g/mol. The molecule has 1 aliphatic heterocycles. The summed E-state index contributed by atoms with van der Waals surface area (Å²) >= 11 is 0. The summed E-state index contributed by atoms with van der Waals surface area (Å²) in [6.07, 6.45) is 1.63. The van der Waals surface area contributed by atoms with Crippen LogP contribution >= 0.6 is 0 Å². The molecule has 8 heteroatoms. The van der Waals surface area contributed by atoms with Crippen molar-refractivity contribution in [2.45, 2.75) is 32.4 Å². The van der Waals surface area contributed by atoms with E-state index in [2.05, 4.69) is 15.5 Å². The van der Waals surface area contributed by atoms with Gasteiger partial charge in [0.15, 0.2) is 6.61 Å². The zero-order valence-corrected chi connectivity index (χ0v) is 13.9. The largest absolute Gasteiger partial charge is 0.485 e. The minimum absolute atomic E-state index is 0.0930.